The summed E-state index contributed by atoms with van der Waals surface area (Å²) in [6.07, 6.45) is 2.22. The number of rotatable bonds is 1. The lowest BCUT2D eigenvalue weighted by molar-refractivity contribution is -0.116. The van der Waals surface area contributed by atoms with Crippen LogP contribution >= 0.6 is 0 Å². The normalized spacial score (nSPS) is 15.7. The molecule has 0 saturated heterocycles. The Morgan fingerprint density at radius 2 is 2.06 bits per heavy atom. The second-order valence-electron chi connectivity index (χ2n) is 4.29. The Morgan fingerprint density at radius 1 is 1.31 bits per heavy atom. The number of nitrogens with one attached hydrogen (secondary N) is 1. The Kier molecular flexibility index (Phi) is 2.73. The van der Waals surface area contributed by atoms with Gasteiger partial charge in [0.2, 0.25) is 5.91 Å². The number of hydrogen-bond donors (Lipinski definition) is 1. The number of pyridine rings is 1. The van der Waals surface area contributed by atoms with Crippen molar-refractivity contribution in [3.63, 3.8) is 0 Å². The molecular weight excluding hydrogens is 204 g/mol. The van der Waals surface area contributed by atoms with Gasteiger partial charge in [-0.05, 0) is 17.5 Å². The maximum absolute atomic E-state index is 11.8. The Hall–Kier alpha value is -1.71. The van der Waals surface area contributed by atoms with E-state index in [0.717, 1.165) is 5.56 Å². The van der Waals surface area contributed by atoms with Crippen molar-refractivity contribution in [1.82, 2.24) is 4.98 Å². The third-order valence-electron chi connectivity index (χ3n) is 2.71. The Bertz CT molecular complexity index is 452. The first-order chi connectivity index (χ1) is 7.58. The van der Waals surface area contributed by atoms with Crippen LogP contribution in [0, 0.1) is 0 Å². The van der Waals surface area contributed by atoms with Gasteiger partial charge in [-0.25, -0.2) is 4.98 Å². The van der Waals surface area contributed by atoms with Crippen LogP contribution in [0.1, 0.15) is 48.5 Å². The van der Waals surface area contributed by atoms with Gasteiger partial charge in [-0.15, -0.1) is 0 Å². The number of nitrogens with zero attached hydrogens (tertiary/aromatic N) is 1. The predicted molar refractivity (Wildman–Crippen MR) is 60.5 cm³/mol. The predicted octanol–water partition coefficient (Wildman–Crippen LogP) is 2.12. The van der Waals surface area contributed by atoms with E-state index in [1.54, 1.807) is 6.20 Å². The third-order valence-corrected chi connectivity index (χ3v) is 2.71. The number of carbonyl (C=O) groups is 2. The van der Waals surface area contributed by atoms with Crippen molar-refractivity contribution in [3.8, 4) is 0 Å². The molecule has 0 unspecified atom stereocenters. The molecule has 84 valence electrons. The van der Waals surface area contributed by atoms with Gasteiger partial charge in [0, 0.05) is 19.0 Å². The number of hydrogen-bond acceptors (Lipinski definition) is 3. The highest BCUT2D eigenvalue weighted by molar-refractivity contribution is 6.08. The lowest BCUT2D eigenvalue weighted by Crippen LogP contribution is -2.10. The quantitative estimate of drug-likeness (QED) is 0.785. The minimum Gasteiger partial charge on any atom is -0.310 e. The molecule has 0 spiro atoms. The number of aromatic nitrogens is 1. The monoisotopic (exact) mass is 218 g/mol. The molecule has 0 aliphatic carbocycles. The van der Waals surface area contributed by atoms with Crippen LogP contribution < -0.4 is 5.32 Å². The first-order valence-electron chi connectivity index (χ1n) is 5.41. The summed E-state index contributed by atoms with van der Waals surface area (Å²) in [5, 5.41) is 2.65. The van der Waals surface area contributed by atoms with E-state index in [0.29, 0.717) is 17.3 Å². The molecule has 0 fully saturated rings. The van der Waals surface area contributed by atoms with E-state index in [-0.39, 0.29) is 24.5 Å². The molecule has 1 aromatic rings. The zero-order chi connectivity index (χ0) is 11.7. The number of Topliss-reactive ketones (excluding diaryl/α,β-unsaturated/α-hetero) is 1. The van der Waals surface area contributed by atoms with Gasteiger partial charge in [-0.1, -0.05) is 13.8 Å². The first kappa shape index (κ1) is 10.8. The molecular formula is C12H14N2O2. The lowest BCUT2D eigenvalue weighted by Gasteiger charge is -2.09. The minimum atomic E-state index is -0.142. The highest BCUT2D eigenvalue weighted by Gasteiger charge is 2.21. The fourth-order valence-electron chi connectivity index (χ4n) is 1.67. The number of fused-ring (bicyclic) bond motifs is 1. The number of ketones is 1. The number of carbonyl (C=O) groups excluding carboxylic acids is 2. The molecule has 1 N–H and O–H groups in total. The molecule has 1 amide bonds. The molecule has 0 bridgehead atoms. The third kappa shape index (κ3) is 1.96. The number of amides is 1. The standard InChI is InChI=1S/C12H14N2O2/c1-7(2)8-5-9-10(15)3-4-11(16)14-12(9)13-6-8/h5-7H,3-4H2,1-2H3,(H,13,14,16). The van der Waals surface area contributed by atoms with E-state index in [1.807, 2.05) is 19.9 Å². The van der Waals surface area contributed by atoms with Crippen molar-refractivity contribution in [1.29, 1.82) is 0 Å². The topological polar surface area (TPSA) is 59.1 Å². The molecule has 16 heavy (non-hydrogen) atoms. The lowest BCUT2D eigenvalue weighted by atomic mass is 10.0. The average Bonchev–Trinajstić information content (AvgIpc) is 2.38. The summed E-state index contributed by atoms with van der Waals surface area (Å²) in [5.41, 5.74) is 1.56. The van der Waals surface area contributed by atoms with Gasteiger partial charge in [-0.2, -0.15) is 0 Å². The van der Waals surface area contributed by atoms with Crippen LogP contribution in [0.4, 0.5) is 5.82 Å². The SMILES string of the molecule is CC(C)c1cnc2c(c1)C(=O)CCC(=O)N2. The Morgan fingerprint density at radius 3 is 2.75 bits per heavy atom. The molecule has 2 heterocycles. The molecule has 0 aromatic carbocycles. The smallest absolute Gasteiger partial charge is 0.225 e. The van der Waals surface area contributed by atoms with Crippen LogP contribution in [-0.4, -0.2) is 16.7 Å². The molecule has 1 aliphatic heterocycles. The van der Waals surface area contributed by atoms with Crippen molar-refractivity contribution in [2.24, 2.45) is 0 Å². The van der Waals surface area contributed by atoms with Gasteiger partial charge in [0.25, 0.3) is 0 Å². The highest BCUT2D eigenvalue weighted by Crippen LogP contribution is 2.23. The fraction of sp³-hybridized carbons (Fsp3) is 0.417. The van der Waals surface area contributed by atoms with Crippen LogP contribution in [0.5, 0.6) is 0 Å². The van der Waals surface area contributed by atoms with E-state index in [4.69, 9.17) is 0 Å². The maximum atomic E-state index is 11.8. The summed E-state index contributed by atoms with van der Waals surface area (Å²) >= 11 is 0. The second-order valence-corrected chi connectivity index (χ2v) is 4.29. The van der Waals surface area contributed by atoms with E-state index >= 15 is 0 Å². The largest absolute Gasteiger partial charge is 0.310 e. The van der Waals surface area contributed by atoms with Crippen LogP contribution in [0.25, 0.3) is 0 Å². The number of anilines is 1. The molecule has 4 heteroatoms. The molecule has 4 nitrogen and oxygen atoms in total. The van der Waals surface area contributed by atoms with Gasteiger partial charge in [0.05, 0.1) is 5.56 Å². The summed E-state index contributed by atoms with van der Waals surface area (Å²) in [7, 11) is 0. The molecule has 1 aliphatic rings. The van der Waals surface area contributed by atoms with Gasteiger partial charge in [-0.3, -0.25) is 9.59 Å². The van der Waals surface area contributed by atoms with Gasteiger partial charge >= 0.3 is 0 Å². The van der Waals surface area contributed by atoms with Crippen molar-refractivity contribution in [2.45, 2.75) is 32.6 Å². The summed E-state index contributed by atoms with van der Waals surface area (Å²) in [6, 6.07) is 1.83. The molecule has 0 radical (unpaired) electrons. The Balaban J connectivity index is 2.47. The van der Waals surface area contributed by atoms with Crippen molar-refractivity contribution < 1.29 is 9.59 Å². The van der Waals surface area contributed by atoms with Crippen LogP contribution in [0.3, 0.4) is 0 Å². The van der Waals surface area contributed by atoms with Crippen molar-refractivity contribution in [2.75, 3.05) is 5.32 Å². The molecule has 0 atom stereocenters. The van der Waals surface area contributed by atoms with Gasteiger partial charge < -0.3 is 5.32 Å². The first-order valence-corrected chi connectivity index (χ1v) is 5.41. The summed E-state index contributed by atoms with van der Waals surface area (Å²) in [5.74, 6) is 0.571. The summed E-state index contributed by atoms with van der Waals surface area (Å²) in [6.45, 7) is 4.09. The van der Waals surface area contributed by atoms with E-state index < -0.39 is 0 Å². The van der Waals surface area contributed by atoms with E-state index in [9.17, 15) is 9.59 Å². The highest BCUT2D eigenvalue weighted by atomic mass is 16.2. The summed E-state index contributed by atoms with van der Waals surface area (Å²) < 4.78 is 0. The summed E-state index contributed by atoms with van der Waals surface area (Å²) in [4.78, 5) is 27.2. The van der Waals surface area contributed by atoms with Crippen LogP contribution in [-0.2, 0) is 4.79 Å². The zero-order valence-corrected chi connectivity index (χ0v) is 9.41. The zero-order valence-electron chi connectivity index (χ0n) is 9.41. The van der Waals surface area contributed by atoms with E-state index in [1.165, 1.54) is 0 Å². The van der Waals surface area contributed by atoms with Crippen molar-refractivity contribution in [3.05, 3.63) is 23.4 Å². The molecule has 1 aromatic heterocycles. The maximum Gasteiger partial charge on any atom is 0.225 e. The fourth-order valence-corrected chi connectivity index (χ4v) is 1.67. The van der Waals surface area contributed by atoms with Crippen molar-refractivity contribution >= 4 is 17.5 Å². The van der Waals surface area contributed by atoms with Gasteiger partial charge in [0.15, 0.2) is 5.78 Å². The molecule has 0 saturated carbocycles. The minimum absolute atomic E-state index is 0.0108. The Labute approximate surface area is 94.1 Å². The molecule has 2 rings (SSSR count). The van der Waals surface area contributed by atoms with E-state index in [2.05, 4.69) is 10.3 Å². The second kappa shape index (κ2) is 4.04. The van der Waals surface area contributed by atoms with Crippen LogP contribution in [0.2, 0.25) is 0 Å². The van der Waals surface area contributed by atoms with Crippen LogP contribution in [0.15, 0.2) is 12.3 Å². The average molecular weight is 218 g/mol. The van der Waals surface area contributed by atoms with Gasteiger partial charge in [0.1, 0.15) is 5.82 Å².